The summed E-state index contributed by atoms with van der Waals surface area (Å²) in [5.74, 6) is 0.183. The molecule has 1 unspecified atom stereocenters. The van der Waals surface area contributed by atoms with E-state index in [1.165, 1.54) is 12.8 Å². The summed E-state index contributed by atoms with van der Waals surface area (Å²) in [6, 6.07) is 6.13. The number of rotatable bonds is 6. The lowest BCUT2D eigenvalue weighted by atomic mass is 10.1. The highest BCUT2D eigenvalue weighted by Gasteiger charge is 2.39. The van der Waals surface area contributed by atoms with Gasteiger partial charge in [0, 0.05) is 6.04 Å². The number of benzene rings is 1. The third-order valence-electron chi connectivity index (χ3n) is 5.22. The topological polar surface area (TPSA) is 87.7 Å². The van der Waals surface area contributed by atoms with Gasteiger partial charge in [0.2, 0.25) is 5.91 Å². The number of methoxy groups -OCH3 is 1. The Hall–Kier alpha value is -2.57. The normalized spacial score (nSPS) is 20.9. The van der Waals surface area contributed by atoms with Crippen LogP contribution in [0.15, 0.2) is 24.3 Å². The molecule has 1 aliphatic carbocycles. The number of imide groups is 1. The standard InChI is InChI=1S/C20H27N3O4/c1-27-16-10-8-14(9-11-16)13-23-19(25)17(22-20(23)26)12-18(24)21-15-6-4-2-3-5-7-15/h8-11,15,17H,2-7,12-13H2,1H3,(H,21,24)(H,22,26). The Bertz CT molecular complexity index is 681. The van der Waals surface area contributed by atoms with Gasteiger partial charge in [-0.25, -0.2) is 4.79 Å². The number of ether oxygens (including phenoxy) is 1. The molecule has 2 aliphatic rings. The molecule has 7 heteroatoms. The zero-order valence-electron chi connectivity index (χ0n) is 15.7. The zero-order valence-corrected chi connectivity index (χ0v) is 15.7. The molecule has 1 saturated heterocycles. The Kier molecular flexibility index (Phi) is 6.32. The molecule has 2 N–H and O–H groups in total. The smallest absolute Gasteiger partial charge is 0.325 e. The molecule has 3 rings (SSSR count). The van der Waals surface area contributed by atoms with Crippen LogP contribution in [0.25, 0.3) is 0 Å². The van der Waals surface area contributed by atoms with Crippen LogP contribution in [0.2, 0.25) is 0 Å². The third kappa shape index (κ3) is 4.99. The second-order valence-electron chi connectivity index (χ2n) is 7.23. The number of carbonyl (C=O) groups is 3. The van der Waals surface area contributed by atoms with Gasteiger partial charge in [-0.15, -0.1) is 0 Å². The summed E-state index contributed by atoms with van der Waals surface area (Å²) in [5, 5.41) is 5.65. The first-order valence-corrected chi connectivity index (χ1v) is 9.61. The third-order valence-corrected chi connectivity index (χ3v) is 5.22. The predicted molar refractivity (Wildman–Crippen MR) is 100 cm³/mol. The second kappa shape index (κ2) is 8.88. The second-order valence-corrected chi connectivity index (χ2v) is 7.23. The number of hydrogen-bond acceptors (Lipinski definition) is 4. The van der Waals surface area contributed by atoms with Gasteiger partial charge in [-0.05, 0) is 30.5 Å². The highest BCUT2D eigenvalue weighted by Crippen LogP contribution is 2.19. The van der Waals surface area contributed by atoms with Crippen molar-refractivity contribution in [2.45, 2.75) is 63.6 Å². The zero-order chi connectivity index (χ0) is 19.2. The molecule has 0 radical (unpaired) electrons. The first kappa shape index (κ1) is 19.2. The average Bonchev–Trinajstić information content (AvgIpc) is 2.85. The van der Waals surface area contributed by atoms with Crippen LogP contribution in [0, 0.1) is 0 Å². The Morgan fingerprint density at radius 3 is 2.44 bits per heavy atom. The fraction of sp³-hybridized carbons (Fsp3) is 0.550. The lowest BCUT2D eigenvalue weighted by molar-refractivity contribution is -0.131. The van der Waals surface area contributed by atoms with Gasteiger partial charge in [0.15, 0.2) is 0 Å². The summed E-state index contributed by atoms with van der Waals surface area (Å²) in [4.78, 5) is 38.2. The molecule has 1 aromatic rings. The Balaban J connectivity index is 1.54. The van der Waals surface area contributed by atoms with Gasteiger partial charge in [-0.1, -0.05) is 37.8 Å². The summed E-state index contributed by atoms with van der Waals surface area (Å²) < 4.78 is 5.11. The van der Waals surface area contributed by atoms with Crippen LogP contribution in [-0.2, 0) is 16.1 Å². The summed E-state index contributed by atoms with van der Waals surface area (Å²) in [7, 11) is 1.58. The minimum Gasteiger partial charge on any atom is -0.497 e. The van der Waals surface area contributed by atoms with E-state index < -0.39 is 12.1 Å². The van der Waals surface area contributed by atoms with E-state index in [9.17, 15) is 14.4 Å². The fourth-order valence-corrected chi connectivity index (χ4v) is 3.67. The number of nitrogens with one attached hydrogen (secondary N) is 2. The van der Waals surface area contributed by atoms with Crippen molar-refractivity contribution in [2.24, 2.45) is 0 Å². The van der Waals surface area contributed by atoms with Gasteiger partial charge in [0.1, 0.15) is 11.8 Å². The lowest BCUT2D eigenvalue weighted by Crippen LogP contribution is -2.40. The molecule has 2 fully saturated rings. The molecule has 1 saturated carbocycles. The number of amides is 4. The van der Waals surface area contributed by atoms with E-state index in [1.807, 2.05) is 12.1 Å². The first-order valence-electron chi connectivity index (χ1n) is 9.61. The maximum Gasteiger partial charge on any atom is 0.325 e. The van der Waals surface area contributed by atoms with Crippen LogP contribution >= 0.6 is 0 Å². The van der Waals surface area contributed by atoms with Crippen molar-refractivity contribution in [2.75, 3.05) is 7.11 Å². The highest BCUT2D eigenvalue weighted by molar-refractivity contribution is 6.05. The van der Waals surface area contributed by atoms with Gasteiger partial charge < -0.3 is 15.4 Å². The van der Waals surface area contributed by atoms with E-state index in [2.05, 4.69) is 10.6 Å². The van der Waals surface area contributed by atoms with Crippen molar-refractivity contribution >= 4 is 17.8 Å². The number of hydrogen-bond donors (Lipinski definition) is 2. The molecule has 1 atom stereocenters. The molecule has 1 aliphatic heterocycles. The van der Waals surface area contributed by atoms with Gasteiger partial charge in [0.25, 0.3) is 5.91 Å². The monoisotopic (exact) mass is 373 g/mol. The quantitative estimate of drug-likeness (QED) is 0.592. The maximum atomic E-state index is 12.6. The van der Waals surface area contributed by atoms with Crippen LogP contribution in [0.4, 0.5) is 4.79 Å². The molecule has 1 heterocycles. The highest BCUT2D eigenvalue weighted by atomic mass is 16.5. The maximum absolute atomic E-state index is 12.6. The molecule has 0 spiro atoms. The van der Waals surface area contributed by atoms with Crippen molar-refractivity contribution in [1.82, 2.24) is 15.5 Å². The van der Waals surface area contributed by atoms with Crippen molar-refractivity contribution in [3.8, 4) is 5.75 Å². The van der Waals surface area contributed by atoms with Crippen molar-refractivity contribution in [3.05, 3.63) is 29.8 Å². The molecule has 1 aromatic carbocycles. The molecule has 7 nitrogen and oxygen atoms in total. The van der Waals surface area contributed by atoms with Crippen LogP contribution < -0.4 is 15.4 Å². The summed E-state index contributed by atoms with van der Waals surface area (Å²) >= 11 is 0. The van der Waals surface area contributed by atoms with Crippen LogP contribution in [0.3, 0.4) is 0 Å². The van der Waals surface area contributed by atoms with Gasteiger partial charge >= 0.3 is 6.03 Å². The van der Waals surface area contributed by atoms with Crippen LogP contribution in [0.1, 0.15) is 50.5 Å². The predicted octanol–water partition coefficient (Wildman–Crippen LogP) is 2.34. The minimum absolute atomic E-state index is 0.0137. The molecule has 146 valence electrons. The minimum atomic E-state index is -0.790. The van der Waals surface area contributed by atoms with E-state index in [4.69, 9.17) is 4.74 Å². The lowest BCUT2D eigenvalue weighted by Gasteiger charge is -2.17. The molecular formula is C20H27N3O4. The largest absolute Gasteiger partial charge is 0.497 e. The molecular weight excluding hydrogens is 346 g/mol. The molecule has 0 aromatic heterocycles. The van der Waals surface area contributed by atoms with Crippen molar-refractivity contribution < 1.29 is 19.1 Å². The van der Waals surface area contributed by atoms with Gasteiger partial charge in [-0.3, -0.25) is 14.5 Å². The molecule has 0 bridgehead atoms. The average molecular weight is 373 g/mol. The number of nitrogens with zero attached hydrogens (tertiary/aromatic N) is 1. The van der Waals surface area contributed by atoms with Crippen LogP contribution in [0.5, 0.6) is 5.75 Å². The molecule has 4 amide bonds. The summed E-state index contributed by atoms with van der Waals surface area (Å²) in [6.45, 7) is 0.176. The van der Waals surface area contributed by atoms with Crippen LogP contribution in [-0.4, -0.2) is 41.9 Å². The van der Waals surface area contributed by atoms with Gasteiger partial charge in [0.05, 0.1) is 20.1 Å². The van der Waals surface area contributed by atoms with E-state index in [-0.39, 0.29) is 30.8 Å². The first-order chi connectivity index (χ1) is 13.1. The Morgan fingerprint density at radius 1 is 1.15 bits per heavy atom. The SMILES string of the molecule is COc1ccc(CN2C(=O)NC(CC(=O)NC3CCCCCC3)C2=O)cc1. The van der Waals surface area contributed by atoms with E-state index in [0.717, 1.165) is 36.1 Å². The fourth-order valence-electron chi connectivity index (χ4n) is 3.67. The van der Waals surface area contributed by atoms with Gasteiger partial charge in [-0.2, -0.15) is 0 Å². The van der Waals surface area contributed by atoms with Crippen molar-refractivity contribution in [1.29, 1.82) is 0 Å². The Labute approximate surface area is 159 Å². The van der Waals surface area contributed by atoms with Crippen molar-refractivity contribution in [3.63, 3.8) is 0 Å². The number of urea groups is 1. The number of carbonyl (C=O) groups excluding carboxylic acids is 3. The van der Waals surface area contributed by atoms with E-state index in [1.54, 1.807) is 19.2 Å². The molecule has 27 heavy (non-hydrogen) atoms. The van der Waals surface area contributed by atoms with E-state index >= 15 is 0 Å². The summed E-state index contributed by atoms with van der Waals surface area (Å²) in [6.07, 6.45) is 6.63. The Morgan fingerprint density at radius 2 is 1.81 bits per heavy atom. The summed E-state index contributed by atoms with van der Waals surface area (Å²) in [5.41, 5.74) is 0.822. The van der Waals surface area contributed by atoms with E-state index in [0.29, 0.717) is 5.75 Å².